The first-order valence-corrected chi connectivity index (χ1v) is 13.8. The van der Waals surface area contributed by atoms with Crippen molar-refractivity contribution in [1.82, 2.24) is 29.7 Å². The zero-order valence-corrected chi connectivity index (χ0v) is 23.7. The number of aromatic amines is 1. The van der Waals surface area contributed by atoms with Crippen molar-refractivity contribution >= 4 is 51.2 Å². The predicted octanol–water partition coefficient (Wildman–Crippen LogP) is 4.11. The summed E-state index contributed by atoms with van der Waals surface area (Å²) in [5, 5.41) is 0.826. The molecular weight excluding hydrogens is 531 g/mol. The maximum atomic E-state index is 16.7. The Hall–Kier alpha value is -3.76. The molecule has 2 aromatic carbocycles. The molecule has 0 unspecified atom stereocenters. The molecule has 0 bridgehead atoms. The molecule has 2 aromatic heterocycles. The fourth-order valence-electron chi connectivity index (χ4n) is 5.84. The van der Waals surface area contributed by atoms with E-state index in [2.05, 4.69) is 45.3 Å². The Balaban J connectivity index is 1.48. The van der Waals surface area contributed by atoms with Gasteiger partial charge in [-0.05, 0) is 44.8 Å². The van der Waals surface area contributed by atoms with Crippen LogP contribution in [0.1, 0.15) is 5.56 Å². The van der Waals surface area contributed by atoms with Gasteiger partial charge >= 0.3 is 0 Å². The lowest BCUT2D eigenvalue weighted by Gasteiger charge is -2.41. The molecule has 208 valence electrons. The van der Waals surface area contributed by atoms with Crippen LogP contribution in [0.25, 0.3) is 33.1 Å². The average Bonchev–Trinajstić information content (AvgIpc) is 3.40. The van der Waals surface area contributed by atoms with Crippen molar-refractivity contribution < 1.29 is 9.18 Å². The van der Waals surface area contributed by atoms with Crippen molar-refractivity contribution in [2.24, 2.45) is 5.92 Å². The Kier molecular flexibility index (Phi) is 6.83. The second-order valence-corrected chi connectivity index (χ2v) is 11.3. The quantitative estimate of drug-likeness (QED) is 0.354. The minimum Gasteiger partial charge on any atom is -0.352 e. The molecule has 2 aliphatic heterocycles. The Morgan fingerprint density at radius 3 is 2.60 bits per heavy atom. The van der Waals surface area contributed by atoms with Crippen LogP contribution in [0, 0.1) is 18.7 Å². The SMILES string of the molecule is C=CC(=O)N1CCN(c2nc(N3CC(CN(C)C)C3)nc3c(F)c(-c4c(C)ccc5[nH]cnc45)c(Cl)cc23)CC1. The van der Waals surface area contributed by atoms with Gasteiger partial charge in [0.05, 0.1) is 22.4 Å². The molecule has 4 aromatic rings. The number of carbonyl (C=O) groups excluding carboxylic acids is 1. The number of imidazole rings is 1. The summed E-state index contributed by atoms with van der Waals surface area (Å²) in [6.45, 7) is 10.3. The smallest absolute Gasteiger partial charge is 0.246 e. The molecule has 11 heteroatoms. The number of amides is 1. The molecule has 2 fully saturated rings. The van der Waals surface area contributed by atoms with Crippen LogP contribution in [0.15, 0.2) is 37.2 Å². The Bertz CT molecular complexity index is 1620. The summed E-state index contributed by atoms with van der Waals surface area (Å²) >= 11 is 6.85. The number of fused-ring (bicyclic) bond motifs is 2. The topological polar surface area (TPSA) is 84.5 Å². The van der Waals surface area contributed by atoms with Gasteiger partial charge in [0.2, 0.25) is 11.9 Å². The number of nitrogens with one attached hydrogen (secondary N) is 1. The van der Waals surface area contributed by atoms with E-state index in [-0.39, 0.29) is 22.0 Å². The first-order chi connectivity index (χ1) is 19.2. The summed E-state index contributed by atoms with van der Waals surface area (Å²) in [6, 6.07) is 5.63. The van der Waals surface area contributed by atoms with Crippen LogP contribution in [0.3, 0.4) is 0 Å². The van der Waals surface area contributed by atoms with E-state index >= 15 is 4.39 Å². The predicted molar refractivity (Wildman–Crippen MR) is 158 cm³/mol. The van der Waals surface area contributed by atoms with Gasteiger partial charge in [-0.25, -0.2) is 14.4 Å². The van der Waals surface area contributed by atoms with Gasteiger partial charge in [0.15, 0.2) is 5.82 Å². The van der Waals surface area contributed by atoms with Gasteiger partial charge in [-0.2, -0.15) is 4.98 Å². The third-order valence-electron chi connectivity index (χ3n) is 7.83. The van der Waals surface area contributed by atoms with Crippen LogP contribution in [0.2, 0.25) is 5.02 Å². The highest BCUT2D eigenvalue weighted by molar-refractivity contribution is 6.35. The number of piperazine rings is 1. The van der Waals surface area contributed by atoms with E-state index in [0.717, 1.165) is 30.7 Å². The highest BCUT2D eigenvalue weighted by atomic mass is 35.5. The zero-order valence-electron chi connectivity index (χ0n) is 22.9. The molecule has 2 aliphatic rings. The number of rotatable bonds is 6. The molecular formula is C29H32ClFN8O. The Morgan fingerprint density at radius 2 is 1.90 bits per heavy atom. The number of carbonyl (C=O) groups is 1. The summed E-state index contributed by atoms with van der Waals surface area (Å²) in [5.41, 5.74) is 3.50. The Morgan fingerprint density at radius 1 is 1.15 bits per heavy atom. The number of hydrogen-bond donors (Lipinski definition) is 1. The highest BCUT2D eigenvalue weighted by Gasteiger charge is 2.32. The summed E-state index contributed by atoms with van der Waals surface area (Å²) in [5.74, 6) is 1.04. The maximum absolute atomic E-state index is 16.7. The molecule has 2 saturated heterocycles. The highest BCUT2D eigenvalue weighted by Crippen LogP contribution is 2.42. The van der Waals surface area contributed by atoms with Crippen molar-refractivity contribution in [2.45, 2.75) is 6.92 Å². The Labute approximate surface area is 237 Å². The lowest BCUT2D eigenvalue weighted by molar-refractivity contribution is -0.126. The van der Waals surface area contributed by atoms with E-state index in [1.807, 2.05) is 19.1 Å². The summed E-state index contributed by atoms with van der Waals surface area (Å²) in [7, 11) is 4.12. The standard InChI is InChI=1S/C29H32ClFN8O/c1-5-22(40)37-8-10-38(11-9-37)28-19-12-20(30)24(23-17(2)6-7-21-27(23)33-16-32-21)25(31)26(19)34-29(35-28)39-14-18(15-39)13-36(3)4/h5-7,12,16,18H,1,8-11,13-15H2,2-4H3,(H,32,33). The van der Waals surface area contributed by atoms with E-state index in [0.29, 0.717) is 60.3 Å². The molecule has 1 N–H and O–H groups in total. The van der Waals surface area contributed by atoms with E-state index in [1.54, 1.807) is 17.3 Å². The average molecular weight is 563 g/mol. The first kappa shape index (κ1) is 26.5. The molecule has 4 heterocycles. The number of nitrogens with zero attached hydrogens (tertiary/aromatic N) is 7. The summed E-state index contributed by atoms with van der Waals surface area (Å²) < 4.78 is 16.7. The van der Waals surface area contributed by atoms with Gasteiger partial charge in [-0.3, -0.25) is 4.79 Å². The largest absolute Gasteiger partial charge is 0.352 e. The number of halogens is 2. The van der Waals surface area contributed by atoms with Crippen LogP contribution in [-0.2, 0) is 4.79 Å². The van der Waals surface area contributed by atoms with E-state index in [9.17, 15) is 4.79 Å². The summed E-state index contributed by atoms with van der Waals surface area (Å²) in [4.78, 5) is 37.6. The molecule has 0 spiro atoms. The van der Waals surface area contributed by atoms with Gasteiger partial charge in [-0.15, -0.1) is 0 Å². The number of H-pyrrole nitrogens is 1. The van der Waals surface area contributed by atoms with Crippen LogP contribution in [0.5, 0.6) is 0 Å². The lowest BCUT2D eigenvalue weighted by Crippen LogP contribution is -2.51. The lowest BCUT2D eigenvalue weighted by atomic mass is 9.96. The van der Waals surface area contributed by atoms with Gasteiger partial charge in [-0.1, -0.05) is 24.2 Å². The minimum atomic E-state index is -0.489. The van der Waals surface area contributed by atoms with Crippen molar-refractivity contribution in [3.63, 3.8) is 0 Å². The van der Waals surface area contributed by atoms with Crippen LogP contribution < -0.4 is 9.80 Å². The van der Waals surface area contributed by atoms with Crippen molar-refractivity contribution in [1.29, 1.82) is 0 Å². The normalized spacial score (nSPS) is 16.3. The van der Waals surface area contributed by atoms with Crippen LogP contribution in [0.4, 0.5) is 16.2 Å². The second-order valence-electron chi connectivity index (χ2n) is 10.9. The van der Waals surface area contributed by atoms with E-state index in [1.165, 1.54) is 6.08 Å². The van der Waals surface area contributed by atoms with E-state index in [4.69, 9.17) is 21.6 Å². The first-order valence-electron chi connectivity index (χ1n) is 13.4. The molecule has 0 atom stereocenters. The monoisotopic (exact) mass is 562 g/mol. The zero-order chi connectivity index (χ0) is 28.1. The number of benzene rings is 2. The van der Waals surface area contributed by atoms with E-state index < -0.39 is 5.82 Å². The third kappa shape index (κ3) is 4.54. The number of aryl methyl sites for hydroxylation is 1. The van der Waals surface area contributed by atoms with Gasteiger partial charge < -0.3 is 24.6 Å². The van der Waals surface area contributed by atoms with Crippen molar-refractivity contribution in [2.75, 3.05) is 69.7 Å². The van der Waals surface area contributed by atoms with Gasteiger partial charge in [0.25, 0.3) is 0 Å². The fourth-order valence-corrected chi connectivity index (χ4v) is 6.12. The second kappa shape index (κ2) is 10.3. The number of aromatic nitrogens is 4. The molecule has 6 rings (SSSR count). The van der Waals surface area contributed by atoms with Gasteiger partial charge in [0, 0.05) is 68.2 Å². The van der Waals surface area contributed by atoms with Crippen molar-refractivity contribution in [3.8, 4) is 11.1 Å². The summed E-state index contributed by atoms with van der Waals surface area (Å²) in [6.07, 6.45) is 2.93. The van der Waals surface area contributed by atoms with Gasteiger partial charge in [0.1, 0.15) is 11.3 Å². The molecule has 40 heavy (non-hydrogen) atoms. The maximum Gasteiger partial charge on any atom is 0.246 e. The molecule has 0 radical (unpaired) electrons. The fraction of sp³-hybridized carbons (Fsp3) is 0.379. The third-order valence-corrected chi connectivity index (χ3v) is 8.13. The molecule has 1 amide bonds. The minimum absolute atomic E-state index is 0.0953. The molecule has 9 nitrogen and oxygen atoms in total. The van der Waals surface area contributed by atoms with Crippen LogP contribution >= 0.6 is 11.6 Å². The number of anilines is 2. The molecule has 0 aliphatic carbocycles. The van der Waals surface area contributed by atoms with Crippen LogP contribution in [-0.4, -0.2) is 95.6 Å². The number of hydrogen-bond acceptors (Lipinski definition) is 7. The van der Waals surface area contributed by atoms with Crippen molar-refractivity contribution in [3.05, 3.63) is 53.6 Å². The molecule has 0 saturated carbocycles.